The molecule has 0 bridgehead atoms. The van der Waals surface area contributed by atoms with Gasteiger partial charge in [-0.15, -0.1) is 11.8 Å². The number of hydrogen-bond acceptors (Lipinski definition) is 5. The van der Waals surface area contributed by atoms with Gasteiger partial charge in [0.1, 0.15) is 12.4 Å². The van der Waals surface area contributed by atoms with Crippen LogP contribution in [0.5, 0.6) is 5.75 Å². The molecular weight excluding hydrogens is 355 g/mol. The second-order valence-electron chi connectivity index (χ2n) is 5.24. The number of halogens is 1. The zero-order valence-corrected chi connectivity index (χ0v) is 14.9. The number of methoxy groups -OCH3 is 1. The standard InChI is InChI=1S/C19H17FN2O3S/c1-24-16-13-22(14-7-3-2-4-8-14)21-18(16)19(23)25-11-12-26-17-10-6-5-9-15(17)20/h2-10,13H,11-12H2,1H3. The van der Waals surface area contributed by atoms with Gasteiger partial charge in [-0.05, 0) is 24.3 Å². The summed E-state index contributed by atoms with van der Waals surface area (Å²) in [5.41, 5.74) is 0.909. The van der Waals surface area contributed by atoms with E-state index in [9.17, 15) is 9.18 Å². The van der Waals surface area contributed by atoms with Gasteiger partial charge in [0.05, 0.1) is 19.0 Å². The number of hydrogen-bond donors (Lipinski definition) is 0. The Kier molecular flexibility index (Phi) is 5.91. The highest BCUT2D eigenvalue weighted by Gasteiger charge is 2.19. The van der Waals surface area contributed by atoms with Crippen molar-refractivity contribution in [3.05, 3.63) is 72.3 Å². The van der Waals surface area contributed by atoms with Crippen molar-refractivity contribution in [3.63, 3.8) is 0 Å². The fourth-order valence-electron chi connectivity index (χ4n) is 2.28. The quantitative estimate of drug-likeness (QED) is 0.357. The average Bonchev–Trinajstić information content (AvgIpc) is 3.12. The Morgan fingerprint density at radius 3 is 2.62 bits per heavy atom. The summed E-state index contributed by atoms with van der Waals surface area (Å²) in [7, 11) is 1.47. The summed E-state index contributed by atoms with van der Waals surface area (Å²) in [5.74, 6) is -0.0904. The molecule has 0 aliphatic rings. The molecule has 0 aliphatic carbocycles. The van der Waals surface area contributed by atoms with Crippen LogP contribution in [0.4, 0.5) is 4.39 Å². The molecule has 7 heteroatoms. The monoisotopic (exact) mass is 372 g/mol. The highest BCUT2D eigenvalue weighted by atomic mass is 32.2. The molecule has 0 aliphatic heterocycles. The van der Waals surface area contributed by atoms with E-state index in [4.69, 9.17) is 9.47 Å². The lowest BCUT2D eigenvalue weighted by atomic mass is 10.3. The van der Waals surface area contributed by atoms with Crippen LogP contribution < -0.4 is 4.74 Å². The van der Waals surface area contributed by atoms with E-state index in [-0.39, 0.29) is 18.1 Å². The number of carbonyl (C=O) groups excluding carboxylic acids is 1. The molecule has 0 saturated heterocycles. The molecule has 5 nitrogen and oxygen atoms in total. The van der Waals surface area contributed by atoms with Crippen molar-refractivity contribution in [3.8, 4) is 11.4 Å². The van der Waals surface area contributed by atoms with E-state index in [0.717, 1.165) is 5.69 Å². The Labute approximate surface area is 154 Å². The fourth-order valence-corrected chi connectivity index (χ4v) is 3.05. The highest BCUT2D eigenvalue weighted by Crippen LogP contribution is 2.22. The number of para-hydroxylation sites is 1. The van der Waals surface area contributed by atoms with Crippen molar-refractivity contribution in [2.45, 2.75) is 4.90 Å². The van der Waals surface area contributed by atoms with Crippen LogP contribution in [0, 0.1) is 5.82 Å². The lowest BCUT2D eigenvalue weighted by Gasteiger charge is -2.05. The molecule has 0 saturated carbocycles. The maximum atomic E-state index is 13.5. The van der Waals surface area contributed by atoms with Crippen LogP contribution in [-0.2, 0) is 4.74 Å². The largest absolute Gasteiger partial charge is 0.493 e. The third-order valence-corrected chi connectivity index (χ3v) is 4.54. The van der Waals surface area contributed by atoms with Crippen LogP contribution in [0.2, 0.25) is 0 Å². The van der Waals surface area contributed by atoms with Crippen LogP contribution in [0.1, 0.15) is 10.5 Å². The Morgan fingerprint density at radius 1 is 1.15 bits per heavy atom. The molecule has 0 unspecified atom stereocenters. The SMILES string of the molecule is COc1cn(-c2ccccc2)nc1C(=O)OCCSc1ccccc1F. The molecular formula is C19H17FN2O3S. The highest BCUT2D eigenvalue weighted by molar-refractivity contribution is 7.99. The van der Waals surface area contributed by atoms with Crippen molar-refractivity contribution >= 4 is 17.7 Å². The Bertz CT molecular complexity index is 884. The number of thioether (sulfide) groups is 1. The maximum absolute atomic E-state index is 13.5. The van der Waals surface area contributed by atoms with Gasteiger partial charge in [-0.3, -0.25) is 0 Å². The molecule has 1 aromatic heterocycles. The van der Waals surface area contributed by atoms with Gasteiger partial charge in [0.2, 0.25) is 5.69 Å². The molecule has 0 spiro atoms. The summed E-state index contributed by atoms with van der Waals surface area (Å²) in [6.45, 7) is 0.138. The smallest absolute Gasteiger partial charge is 0.362 e. The maximum Gasteiger partial charge on any atom is 0.362 e. The van der Waals surface area contributed by atoms with Crippen LogP contribution in [0.25, 0.3) is 5.69 Å². The van der Waals surface area contributed by atoms with E-state index < -0.39 is 5.97 Å². The number of esters is 1. The first-order valence-corrected chi connectivity index (χ1v) is 8.91. The van der Waals surface area contributed by atoms with E-state index in [1.165, 1.54) is 24.9 Å². The predicted octanol–water partition coefficient (Wildman–Crippen LogP) is 3.97. The van der Waals surface area contributed by atoms with Gasteiger partial charge in [0, 0.05) is 10.6 Å². The summed E-state index contributed by atoms with van der Waals surface area (Å²) in [5, 5.41) is 4.25. The van der Waals surface area contributed by atoms with Gasteiger partial charge in [-0.2, -0.15) is 5.10 Å². The second kappa shape index (κ2) is 8.53. The zero-order chi connectivity index (χ0) is 18.4. The summed E-state index contributed by atoms with van der Waals surface area (Å²) in [4.78, 5) is 12.8. The minimum atomic E-state index is -0.578. The molecule has 2 aromatic carbocycles. The number of aromatic nitrogens is 2. The summed E-state index contributed by atoms with van der Waals surface area (Å²) in [6, 6.07) is 15.9. The molecule has 0 amide bonds. The van der Waals surface area contributed by atoms with Crippen LogP contribution in [0.15, 0.2) is 65.7 Å². The van der Waals surface area contributed by atoms with Crippen molar-refractivity contribution in [2.75, 3.05) is 19.5 Å². The second-order valence-corrected chi connectivity index (χ2v) is 6.38. The van der Waals surface area contributed by atoms with E-state index in [0.29, 0.717) is 16.4 Å². The van der Waals surface area contributed by atoms with Gasteiger partial charge >= 0.3 is 5.97 Å². The topological polar surface area (TPSA) is 53.4 Å². The minimum Gasteiger partial charge on any atom is -0.493 e. The predicted molar refractivity (Wildman–Crippen MR) is 97.5 cm³/mol. The molecule has 0 fully saturated rings. The molecule has 0 radical (unpaired) electrons. The van der Waals surface area contributed by atoms with Crippen molar-refractivity contribution in [1.29, 1.82) is 0 Å². The number of benzene rings is 2. The molecule has 134 valence electrons. The first-order chi connectivity index (χ1) is 12.7. The van der Waals surface area contributed by atoms with Gasteiger partial charge in [-0.1, -0.05) is 30.3 Å². The average molecular weight is 372 g/mol. The van der Waals surface area contributed by atoms with Gasteiger partial charge < -0.3 is 9.47 Å². The molecule has 3 aromatic rings. The zero-order valence-electron chi connectivity index (χ0n) is 14.1. The molecule has 26 heavy (non-hydrogen) atoms. The van der Waals surface area contributed by atoms with Crippen molar-refractivity contribution in [2.24, 2.45) is 0 Å². The first-order valence-electron chi connectivity index (χ1n) is 7.92. The Balaban J connectivity index is 1.61. The van der Waals surface area contributed by atoms with E-state index in [2.05, 4.69) is 5.10 Å². The van der Waals surface area contributed by atoms with Crippen LogP contribution >= 0.6 is 11.8 Å². The van der Waals surface area contributed by atoms with Crippen LogP contribution in [-0.4, -0.2) is 35.2 Å². The molecule has 0 atom stereocenters. The summed E-state index contributed by atoms with van der Waals surface area (Å²) in [6.07, 6.45) is 1.63. The number of ether oxygens (including phenoxy) is 2. The molecule has 0 N–H and O–H groups in total. The summed E-state index contributed by atoms with van der Waals surface area (Å²) >= 11 is 1.29. The van der Waals surface area contributed by atoms with Crippen molar-refractivity contribution in [1.82, 2.24) is 9.78 Å². The minimum absolute atomic E-state index is 0.104. The normalized spacial score (nSPS) is 10.5. The third-order valence-electron chi connectivity index (χ3n) is 3.53. The Hall–Kier alpha value is -2.80. The van der Waals surface area contributed by atoms with E-state index in [1.807, 2.05) is 30.3 Å². The molecule has 1 heterocycles. The number of rotatable bonds is 7. The van der Waals surface area contributed by atoms with Crippen LogP contribution in [0.3, 0.4) is 0 Å². The number of carbonyl (C=O) groups is 1. The first kappa shape index (κ1) is 18.0. The lowest BCUT2D eigenvalue weighted by Crippen LogP contribution is -2.10. The van der Waals surface area contributed by atoms with Crippen molar-refractivity contribution < 1.29 is 18.7 Å². The van der Waals surface area contributed by atoms with Gasteiger partial charge in [0.25, 0.3) is 0 Å². The number of nitrogens with zero attached hydrogens (tertiary/aromatic N) is 2. The van der Waals surface area contributed by atoms with Gasteiger partial charge in [0.15, 0.2) is 5.75 Å². The van der Waals surface area contributed by atoms with E-state index >= 15 is 0 Å². The molecule has 3 rings (SSSR count). The lowest BCUT2D eigenvalue weighted by molar-refractivity contribution is 0.0519. The fraction of sp³-hybridized carbons (Fsp3) is 0.158. The Morgan fingerprint density at radius 2 is 1.88 bits per heavy atom. The third kappa shape index (κ3) is 4.23. The summed E-state index contributed by atoms with van der Waals surface area (Å²) < 4.78 is 25.6. The van der Waals surface area contributed by atoms with Gasteiger partial charge in [-0.25, -0.2) is 13.9 Å². The van der Waals surface area contributed by atoms with E-state index in [1.54, 1.807) is 29.1 Å².